The topological polar surface area (TPSA) is 35.5 Å². The fraction of sp³-hybridized carbons (Fsp3) is 0.647. The van der Waals surface area contributed by atoms with Crippen LogP contribution < -0.4 is 5.32 Å². The molecule has 2 aliphatic rings. The molecule has 22 heavy (non-hydrogen) atoms. The fourth-order valence-corrected chi connectivity index (χ4v) is 3.92. The number of phenolic OH excluding ortho intramolecular Hbond substituents is 1. The van der Waals surface area contributed by atoms with Gasteiger partial charge in [0.25, 0.3) is 0 Å². The first-order valence-electron chi connectivity index (χ1n) is 8.19. The molecular weight excluding hydrogens is 303 g/mol. The molecule has 1 aromatic carbocycles. The number of nitrogens with one attached hydrogen (secondary N) is 1. The van der Waals surface area contributed by atoms with Crippen molar-refractivity contribution in [2.45, 2.75) is 38.1 Å². The number of piperazine rings is 1. The first-order valence-corrected chi connectivity index (χ1v) is 8.19. The highest BCUT2D eigenvalue weighted by Gasteiger charge is 2.32. The van der Waals surface area contributed by atoms with E-state index in [-0.39, 0.29) is 30.0 Å². The molecule has 0 radical (unpaired) electrons. The van der Waals surface area contributed by atoms with Crippen LogP contribution in [0, 0.1) is 11.7 Å². The lowest BCUT2D eigenvalue weighted by atomic mass is 9.80. The van der Waals surface area contributed by atoms with Gasteiger partial charge in [0, 0.05) is 37.8 Å². The summed E-state index contributed by atoms with van der Waals surface area (Å²) >= 11 is 0. The average molecular weight is 329 g/mol. The average Bonchev–Trinajstić information content (AvgIpc) is 2.53. The summed E-state index contributed by atoms with van der Waals surface area (Å²) in [6, 6.07) is 4.54. The highest BCUT2D eigenvalue weighted by molar-refractivity contribution is 5.85. The van der Waals surface area contributed by atoms with Crippen molar-refractivity contribution in [1.29, 1.82) is 0 Å². The maximum Gasteiger partial charge on any atom is 0.123 e. The van der Waals surface area contributed by atoms with Gasteiger partial charge in [-0.15, -0.1) is 12.4 Å². The van der Waals surface area contributed by atoms with Crippen LogP contribution in [-0.2, 0) is 0 Å². The van der Waals surface area contributed by atoms with Gasteiger partial charge in [0.2, 0.25) is 0 Å². The second kappa shape index (κ2) is 8.14. The van der Waals surface area contributed by atoms with E-state index in [1.807, 2.05) is 0 Å². The first-order chi connectivity index (χ1) is 10.3. The number of hydrogen-bond donors (Lipinski definition) is 2. The molecule has 124 valence electrons. The van der Waals surface area contributed by atoms with Crippen LogP contribution in [0.2, 0.25) is 0 Å². The Morgan fingerprint density at radius 1 is 1.14 bits per heavy atom. The van der Waals surface area contributed by atoms with E-state index in [0.717, 1.165) is 31.7 Å². The SMILES string of the molecule is Cl.Oc1ccc(F)cc1[C@H](C1CCCCC1)N1CCNCC1. The van der Waals surface area contributed by atoms with Gasteiger partial charge >= 0.3 is 0 Å². The summed E-state index contributed by atoms with van der Waals surface area (Å²) in [5.41, 5.74) is 0.781. The third-order valence-electron chi connectivity index (χ3n) is 4.95. The Hall–Kier alpha value is -0.840. The second-order valence-corrected chi connectivity index (χ2v) is 6.33. The van der Waals surface area contributed by atoms with Crippen LogP contribution in [0.15, 0.2) is 18.2 Å². The van der Waals surface area contributed by atoms with Crippen LogP contribution in [0.5, 0.6) is 5.75 Å². The molecule has 1 aliphatic carbocycles. The number of hydrogen-bond acceptors (Lipinski definition) is 3. The van der Waals surface area contributed by atoms with E-state index < -0.39 is 0 Å². The van der Waals surface area contributed by atoms with Gasteiger partial charge in [-0.25, -0.2) is 4.39 Å². The van der Waals surface area contributed by atoms with Crippen molar-refractivity contribution < 1.29 is 9.50 Å². The molecule has 5 heteroatoms. The minimum absolute atomic E-state index is 0. The van der Waals surface area contributed by atoms with Crippen LogP contribution >= 0.6 is 12.4 Å². The molecule has 1 aromatic rings. The predicted molar refractivity (Wildman–Crippen MR) is 89.1 cm³/mol. The maximum atomic E-state index is 13.7. The lowest BCUT2D eigenvalue weighted by Crippen LogP contribution is -2.47. The quantitative estimate of drug-likeness (QED) is 0.891. The van der Waals surface area contributed by atoms with Crippen molar-refractivity contribution in [3.05, 3.63) is 29.6 Å². The minimum Gasteiger partial charge on any atom is -0.508 e. The lowest BCUT2D eigenvalue weighted by Gasteiger charge is -2.41. The number of phenols is 1. The second-order valence-electron chi connectivity index (χ2n) is 6.33. The number of benzene rings is 1. The van der Waals surface area contributed by atoms with Crippen molar-refractivity contribution in [2.75, 3.05) is 26.2 Å². The smallest absolute Gasteiger partial charge is 0.123 e. The van der Waals surface area contributed by atoms with E-state index in [1.54, 1.807) is 0 Å². The third kappa shape index (κ3) is 3.92. The molecule has 0 amide bonds. The molecule has 0 unspecified atom stereocenters. The van der Waals surface area contributed by atoms with Gasteiger partial charge in [-0.05, 0) is 37.0 Å². The van der Waals surface area contributed by atoms with Crippen LogP contribution in [0.1, 0.15) is 43.7 Å². The summed E-state index contributed by atoms with van der Waals surface area (Å²) in [4.78, 5) is 2.43. The van der Waals surface area contributed by atoms with E-state index in [1.165, 1.54) is 50.3 Å². The van der Waals surface area contributed by atoms with Crippen LogP contribution in [-0.4, -0.2) is 36.2 Å². The van der Waals surface area contributed by atoms with Gasteiger partial charge in [-0.3, -0.25) is 4.90 Å². The van der Waals surface area contributed by atoms with Gasteiger partial charge in [0.05, 0.1) is 0 Å². The summed E-state index contributed by atoms with van der Waals surface area (Å²) < 4.78 is 13.7. The van der Waals surface area contributed by atoms with Crippen molar-refractivity contribution in [3.8, 4) is 5.75 Å². The van der Waals surface area contributed by atoms with E-state index in [2.05, 4.69) is 10.2 Å². The largest absolute Gasteiger partial charge is 0.508 e. The Labute approximate surface area is 138 Å². The third-order valence-corrected chi connectivity index (χ3v) is 4.95. The lowest BCUT2D eigenvalue weighted by molar-refractivity contribution is 0.101. The van der Waals surface area contributed by atoms with E-state index >= 15 is 0 Å². The number of aromatic hydroxyl groups is 1. The molecule has 1 aliphatic heterocycles. The monoisotopic (exact) mass is 328 g/mol. The molecule has 1 heterocycles. The highest BCUT2D eigenvalue weighted by Crippen LogP contribution is 2.41. The number of halogens is 2. The molecule has 2 N–H and O–H groups in total. The standard InChI is InChI=1S/C17H25FN2O.ClH/c18-14-6-7-16(21)15(12-14)17(13-4-2-1-3-5-13)20-10-8-19-9-11-20;/h6-7,12-13,17,19,21H,1-5,8-11H2;1H/t17-;/m0./s1. The van der Waals surface area contributed by atoms with Crippen molar-refractivity contribution in [1.82, 2.24) is 10.2 Å². The molecule has 3 nitrogen and oxygen atoms in total. The van der Waals surface area contributed by atoms with Gasteiger partial charge in [0.1, 0.15) is 11.6 Å². The summed E-state index contributed by atoms with van der Waals surface area (Å²) in [7, 11) is 0. The molecule has 0 bridgehead atoms. The summed E-state index contributed by atoms with van der Waals surface area (Å²) in [5.74, 6) is 0.522. The van der Waals surface area contributed by atoms with Crippen LogP contribution in [0.3, 0.4) is 0 Å². The zero-order valence-corrected chi connectivity index (χ0v) is 13.7. The molecule has 1 atom stereocenters. The fourth-order valence-electron chi connectivity index (χ4n) is 3.92. The van der Waals surface area contributed by atoms with E-state index in [9.17, 15) is 9.50 Å². The Balaban J connectivity index is 0.00000176. The first kappa shape index (κ1) is 17.5. The Bertz CT molecular complexity index is 456. The Morgan fingerprint density at radius 3 is 2.50 bits per heavy atom. The molecule has 1 saturated heterocycles. The molecule has 2 fully saturated rings. The number of nitrogens with zero attached hydrogens (tertiary/aromatic N) is 1. The zero-order chi connectivity index (χ0) is 14.7. The molecule has 0 aromatic heterocycles. The van der Waals surface area contributed by atoms with Crippen molar-refractivity contribution >= 4 is 12.4 Å². The number of rotatable bonds is 3. The highest BCUT2D eigenvalue weighted by atomic mass is 35.5. The van der Waals surface area contributed by atoms with E-state index in [0.29, 0.717) is 5.92 Å². The van der Waals surface area contributed by atoms with Gasteiger partial charge in [-0.2, -0.15) is 0 Å². The van der Waals surface area contributed by atoms with Crippen LogP contribution in [0.25, 0.3) is 0 Å². The van der Waals surface area contributed by atoms with Crippen LogP contribution in [0.4, 0.5) is 4.39 Å². The summed E-state index contributed by atoms with van der Waals surface area (Å²) in [6.07, 6.45) is 6.18. The Morgan fingerprint density at radius 2 is 1.82 bits per heavy atom. The summed E-state index contributed by atoms with van der Waals surface area (Å²) in [6.45, 7) is 3.88. The van der Waals surface area contributed by atoms with Gasteiger partial charge < -0.3 is 10.4 Å². The molecule has 0 spiro atoms. The molecule has 3 rings (SSSR count). The predicted octanol–water partition coefficient (Wildman–Crippen LogP) is 3.48. The minimum atomic E-state index is -0.251. The molecule has 1 saturated carbocycles. The van der Waals surface area contributed by atoms with Gasteiger partial charge in [-0.1, -0.05) is 19.3 Å². The summed E-state index contributed by atoms with van der Waals surface area (Å²) in [5, 5.41) is 13.6. The Kier molecular flexibility index (Phi) is 6.48. The maximum absolute atomic E-state index is 13.7. The molecular formula is C17H26ClFN2O. The van der Waals surface area contributed by atoms with Crippen molar-refractivity contribution in [3.63, 3.8) is 0 Å². The normalized spacial score (nSPS) is 22.0. The zero-order valence-electron chi connectivity index (χ0n) is 12.9. The van der Waals surface area contributed by atoms with Crippen molar-refractivity contribution in [2.24, 2.45) is 5.92 Å². The van der Waals surface area contributed by atoms with E-state index in [4.69, 9.17) is 0 Å². The van der Waals surface area contributed by atoms with Gasteiger partial charge in [0.15, 0.2) is 0 Å².